The molecule has 8 heteroatoms. The van der Waals surface area contributed by atoms with Crippen LogP contribution < -0.4 is 0 Å². The molecule has 1 unspecified atom stereocenters. The predicted octanol–water partition coefficient (Wildman–Crippen LogP) is 5.04. The van der Waals surface area contributed by atoms with Crippen LogP contribution in [0.1, 0.15) is 69.2 Å². The fourth-order valence-corrected chi connectivity index (χ4v) is 4.07. The van der Waals surface area contributed by atoms with Gasteiger partial charge in [0.25, 0.3) is 0 Å². The Kier molecular flexibility index (Phi) is 6.35. The zero-order chi connectivity index (χ0) is 23.6. The molecule has 1 saturated heterocycles. The molecule has 1 aromatic carbocycles. The largest absolute Gasteiger partial charge is 0.461 e. The van der Waals surface area contributed by atoms with E-state index in [9.17, 15) is 9.59 Å². The van der Waals surface area contributed by atoms with E-state index in [1.807, 2.05) is 57.2 Å². The molecule has 2 aromatic heterocycles. The van der Waals surface area contributed by atoms with Crippen molar-refractivity contribution in [2.24, 2.45) is 0 Å². The number of hydrogen-bond acceptors (Lipinski definition) is 6. The van der Waals surface area contributed by atoms with Crippen molar-refractivity contribution in [3.8, 4) is 11.3 Å². The maximum absolute atomic E-state index is 13.1. The Balaban J connectivity index is 1.84. The fourth-order valence-electron chi connectivity index (χ4n) is 4.07. The highest BCUT2D eigenvalue weighted by molar-refractivity contribution is 5.88. The molecule has 0 bridgehead atoms. The molecule has 1 atom stereocenters. The van der Waals surface area contributed by atoms with E-state index in [0.717, 1.165) is 36.2 Å². The van der Waals surface area contributed by atoms with Crippen molar-refractivity contribution in [1.82, 2.24) is 19.5 Å². The summed E-state index contributed by atoms with van der Waals surface area (Å²) in [4.78, 5) is 32.0. The van der Waals surface area contributed by atoms with Gasteiger partial charge in [0.05, 0.1) is 24.0 Å². The minimum atomic E-state index is -0.593. The minimum Gasteiger partial charge on any atom is -0.461 e. The lowest BCUT2D eigenvalue weighted by Gasteiger charge is -2.37. The Labute approximate surface area is 193 Å². The van der Waals surface area contributed by atoms with Crippen LogP contribution in [0.2, 0.25) is 0 Å². The van der Waals surface area contributed by atoms with Crippen LogP contribution in [-0.4, -0.2) is 50.3 Å². The molecule has 0 spiro atoms. The smallest absolute Gasteiger partial charge is 0.410 e. The third-order valence-electron chi connectivity index (χ3n) is 5.48. The second-order valence-electron chi connectivity index (χ2n) is 9.14. The topological polar surface area (TPSA) is 86.0 Å². The van der Waals surface area contributed by atoms with Crippen LogP contribution in [0.25, 0.3) is 16.9 Å². The van der Waals surface area contributed by atoms with Gasteiger partial charge in [0.1, 0.15) is 5.60 Å². The van der Waals surface area contributed by atoms with E-state index < -0.39 is 11.6 Å². The highest BCUT2D eigenvalue weighted by Gasteiger charge is 2.34. The number of esters is 1. The number of amides is 1. The van der Waals surface area contributed by atoms with Crippen LogP contribution in [0.5, 0.6) is 0 Å². The van der Waals surface area contributed by atoms with Crippen molar-refractivity contribution in [1.29, 1.82) is 0 Å². The minimum absolute atomic E-state index is 0.190. The normalized spacial score (nSPS) is 16.6. The SMILES string of the molecule is CCOC(=O)c1cc2nc(-c3ccccc3)cc(C3CCCCN3C(=O)OC(C)(C)C)n2n1. The number of ether oxygens (including phenoxy) is 2. The summed E-state index contributed by atoms with van der Waals surface area (Å²) < 4.78 is 12.5. The standard InChI is InChI=1S/C25H30N4O4/c1-5-32-23(30)19-16-22-26-18(17-11-7-6-8-12-17)15-21(29(22)27-19)20-13-9-10-14-28(20)24(31)33-25(2,3)4/h6-8,11-12,15-16,20H,5,9-10,13-14H2,1-4H3. The Morgan fingerprint density at radius 2 is 1.88 bits per heavy atom. The first-order chi connectivity index (χ1) is 15.8. The molecule has 0 saturated carbocycles. The molecule has 4 rings (SSSR count). The molecule has 0 N–H and O–H groups in total. The van der Waals surface area contributed by atoms with Gasteiger partial charge in [-0.05, 0) is 53.0 Å². The van der Waals surface area contributed by atoms with Crippen molar-refractivity contribution in [3.63, 3.8) is 0 Å². The first-order valence-electron chi connectivity index (χ1n) is 11.4. The Morgan fingerprint density at radius 1 is 1.12 bits per heavy atom. The van der Waals surface area contributed by atoms with E-state index in [2.05, 4.69) is 5.10 Å². The van der Waals surface area contributed by atoms with Gasteiger partial charge in [0.15, 0.2) is 11.3 Å². The summed E-state index contributed by atoms with van der Waals surface area (Å²) in [5, 5.41) is 4.51. The lowest BCUT2D eigenvalue weighted by atomic mass is 9.98. The van der Waals surface area contributed by atoms with Crippen molar-refractivity contribution >= 4 is 17.7 Å². The Bertz CT molecular complexity index is 1150. The van der Waals surface area contributed by atoms with E-state index in [4.69, 9.17) is 14.5 Å². The summed E-state index contributed by atoms with van der Waals surface area (Å²) in [5.41, 5.74) is 2.62. The van der Waals surface area contributed by atoms with Gasteiger partial charge in [-0.15, -0.1) is 0 Å². The monoisotopic (exact) mass is 450 g/mol. The van der Waals surface area contributed by atoms with E-state index in [-0.39, 0.29) is 24.4 Å². The molecular weight excluding hydrogens is 420 g/mol. The second kappa shape index (κ2) is 9.21. The lowest BCUT2D eigenvalue weighted by molar-refractivity contribution is 0.00870. The van der Waals surface area contributed by atoms with E-state index in [1.165, 1.54) is 0 Å². The maximum atomic E-state index is 13.1. The highest BCUT2D eigenvalue weighted by atomic mass is 16.6. The number of aromatic nitrogens is 3. The molecule has 1 amide bonds. The maximum Gasteiger partial charge on any atom is 0.410 e. The Morgan fingerprint density at radius 3 is 2.58 bits per heavy atom. The Hall–Kier alpha value is -3.42. The van der Waals surface area contributed by atoms with Crippen LogP contribution >= 0.6 is 0 Å². The lowest BCUT2D eigenvalue weighted by Crippen LogP contribution is -2.42. The molecule has 1 fully saturated rings. The summed E-state index contributed by atoms with van der Waals surface area (Å²) >= 11 is 0. The van der Waals surface area contributed by atoms with Gasteiger partial charge in [-0.2, -0.15) is 5.10 Å². The van der Waals surface area contributed by atoms with Crippen molar-refractivity contribution in [2.45, 2.75) is 58.6 Å². The predicted molar refractivity (Wildman–Crippen MR) is 124 cm³/mol. The second-order valence-corrected chi connectivity index (χ2v) is 9.14. The van der Waals surface area contributed by atoms with Gasteiger partial charge in [0, 0.05) is 18.2 Å². The summed E-state index contributed by atoms with van der Waals surface area (Å²) in [7, 11) is 0. The van der Waals surface area contributed by atoms with Crippen LogP contribution in [0, 0.1) is 0 Å². The third kappa shape index (κ3) is 4.99. The van der Waals surface area contributed by atoms with Crippen LogP contribution in [0.15, 0.2) is 42.5 Å². The van der Waals surface area contributed by atoms with Gasteiger partial charge < -0.3 is 9.47 Å². The average Bonchev–Trinajstić information content (AvgIpc) is 3.22. The number of carbonyl (C=O) groups excluding carboxylic acids is 2. The third-order valence-corrected chi connectivity index (χ3v) is 5.48. The summed E-state index contributed by atoms with van der Waals surface area (Å²) in [6.45, 7) is 8.20. The molecule has 1 aliphatic heterocycles. The number of carbonyl (C=O) groups is 2. The molecule has 0 aliphatic carbocycles. The van der Waals surface area contributed by atoms with Gasteiger partial charge in [-0.3, -0.25) is 4.90 Å². The van der Waals surface area contributed by atoms with Crippen LogP contribution in [-0.2, 0) is 9.47 Å². The quantitative estimate of drug-likeness (QED) is 0.518. The highest BCUT2D eigenvalue weighted by Crippen LogP contribution is 2.34. The molecular formula is C25H30N4O4. The first kappa shape index (κ1) is 22.8. The molecule has 0 radical (unpaired) electrons. The summed E-state index contributed by atoms with van der Waals surface area (Å²) in [5.74, 6) is -0.497. The van der Waals surface area contributed by atoms with Gasteiger partial charge in [-0.1, -0.05) is 30.3 Å². The number of hydrogen-bond donors (Lipinski definition) is 0. The molecule has 8 nitrogen and oxygen atoms in total. The zero-order valence-electron chi connectivity index (χ0n) is 19.6. The number of nitrogens with zero attached hydrogens (tertiary/aromatic N) is 4. The fraction of sp³-hybridized carbons (Fsp3) is 0.440. The number of fused-ring (bicyclic) bond motifs is 1. The number of likely N-dealkylation sites (tertiary alicyclic amines) is 1. The van der Waals surface area contributed by atoms with E-state index >= 15 is 0 Å². The van der Waals surface area contributed by atoms with Crippen molar-refractivity contribution in [2.75, 3.05) is 13.2 Å². The van der Waals surface area contributed by atoms with E-state index in [1.54, 1.807) is 22.4 Å². The summed E-state index contributed by atoms with van der Waals surface area (Å²) in [6.07, 6.45) is 2.29. The van der Waals surface area contributed by atoms with E-state index in [0.29, 0.717) is 12.2 Å². The molecule has 3 heterocycles. The number of benzene rings is 1. The van der Waals surface area contributed by atoms with Gasteiger partial charge in [0.2, 0.25) is 0 Å². The number of piperidine rings is 1. The molecule has 174 valence electrons. The average molecular weight is 451 g/mol. The van der Waals surface area contributed by atoms with Gasteiger partial charge >= 0.3 is 12.1 Å². The molecule has 33 heavy (non-hydrogen) atoms. The number of rotatable bonds is 4. The first-order valence-corrected chi connectivity index (χ1v) is 11.4. The zero-order valence-corrected chi connectivity index (χ0v) is 19.6. The molecule has 1 aliphatic rings. The van der Waals surface area contributed by atoms with Gasteiger partial charge in [-0.25, -0.2) is 19.1 Å². The van der Waals surface area contributed by atoms with Crippen molar-refractivity contribution in [3.05, 3.63) is 53.9 Å². The van der Waals surface area contributed by atoms with Crippen LogP contribution in [0.4, 0.5) is 4.79 Å². The summed E-state index contributed by atoms with van der Waals surface area (Å²) in [6, 6.07) is 13.2. The van der Waals surface area contributed by atoms with Crippen molar-refractivity contribution < 1.29 is 19.1 Å². The van der Waals surface area contributed by atoms with Crippen LogP contribution in [0.3, 0.4) is 0 Å². The molecule has 3 aromatic rings.